The van der Waals surface area contributed by atoms with E-state index < -0.39 is 43.1 Å². The Balaban J connectivity index is 6.13. The maximum absolute atomic E-state index is 12.8. The van der Waals surface area contributed by atoms with Gasteiger partial charge in [-0.3, -0.25) is 0 Å². The van der Waals surface area contributed by atoms with Crippen molar-refractivity contribution in [2.45, 2.75) is 26.7 Å². The minimum Gasteiger partial charge on any atom is -0.461 e. The molecule has 0 aliphatic carbocycles. The molecule has 0 bridgehead atoms. The summed E-state index contributed by atoms with van der Waals surface area (Å²) in [6.07, 6.45) is 14.0. The first-order chi connectivity index (χ1) is 23.0. The number of hydrogen-bond donors (Lipinski definition) is 2. The van der Waals surface area contributed by atoms with E-state index in [1.807, 2.05) is 18.9 Å². The smallest absolute Gasteiger partial charge is 0.348 e. The zero-order valence-corrected chi connectivity index (χ0v) is 28.3. The number of esters is 3. The average molecular weight is 667 g/mol. The van der Waals surface area contributed by atoms with E-state index in [1.54, 1.807) is 67.6 Å². The normalized spacial score (nSPS) is 12.4. The lowest BCUT2D eigenvalue weighted by Gasteiger charge is -2.30. The summed E-state index contributed by atoms with van der Waals surface area (Å²) >= 11 is 0. The molecule has 2 N–H and O–H groups in total. The molecule has 0 unspecified atom stereocenters. The van der Waals surface area contributed by atoms with Gasteiger partial charge in [0.1, 0.15) is 54.7 Å². The molecule has 14 nitrogen and oxygen atoms in total. The first-order valence-electron chi connectivity index (χ1n) is 15.2. The number of aliphatic hydroxyl groups excluding tert-OH is 2. The molecule has 0 spiro atoms. The Kier molecular flexibility index (Phi) is 22.0. The molecule has 0 fully saturated rings. The van der Waals surface area contributed by atoms with E-state index in [-0.39, 0.29) is 36.4 Å². The van der Waals surface area contributed by atoms with E-state index >= 15 is 0 Å². The van der Waals surface area contributed by atoms with Crippen molar-refractivity contribution in [1.82, 2.24) is 14.7 Å². The van der Waals surface area contributed by atoms with Crippen LogP contribution in [0.15, 0.2) is 71.8 Å². The van der Waals surface area contributed by atoms with Crippen molar-refractivity contribution in [3.63, 3.8) is 0 Å². The fourth-order valence-corrected chi connectivity index (χ4v) is 3.52. The van der Waals surface area contributed by atoms with Gasteiger partial charge in [0.25, 0.3) is 0 Å². The number of allylic oxidation sites excluding steroid dienone is 6. The number of carbonyl (C=O) groups excluding carboxylic acids is 3. The van der Waals surface area contributed by atoms with Crippen LogP contribution in [-0.2, 0) is 28.6 Å². The van der Waals surface area contributed by atoms with E-state index in [2.05, 4.69) is 0 Å². The van der Waals surface area contributed by atoms with Crippen molar-refractivity contribution in [3.8, 4) is 18.2 Å². The molecule has 0 aromatic heterocycles. The van der Waals surface area contributed by atoms with Crippen molar-refractivity contribution in [1.29, 1.82) is 15.8 Å². The van der Waals surface area contributed by atoms with E-state index in [9.17, 15) is 30.2 Å². The second-order valence-electron chi connectivity index (χ2n) is 10.6. The van der Waals surface area contributed by atoms with Gasteiger partial charge < -0.3 is 39.1 Å². The van der Waals surface area contributed by atoms with Crippen LogP contribution in [0.3, 0.4) is 0 Å². The number of carbonyl (C=O) groups is 3. The molecule has 14 heteroatoms. The summed E-state index contributed by atoms with van der Waals surface area (Å²) in [5.74, 6) is -2.94. The minimum absolute atomic E-state index is 0.0884. The number of ether oxygens (including phenoxy) is 3. The highest BCUT2D eigenvalue weighted by atomic mass is 16.6. The Morgan fingerprint density at radius 3 is 1.19 bits per heavy atom. The van der Waals surface area contributed by atoms with E-state index in [0.717, 1.165) is 13.0 Å². The second-order valence-corrected chi connectivity index (χ2v) is 10.6. The van der Waals surface area contributed by atoms with Crippen LogP contribution in [0.2, 0.25) is 0 Å². The van der Waals surface area contributed by atoms with Crippen molar-refractivity contribution < 1.29 is 38.8 Å². The summed E-state index contributed by atoms with van der Waals surface area (Å²) in [6, 6.07) is 5.30. The van der Waals surface area contributed by atoms with Crippen LogP contribution < -0.4 is 0 Å². The fourth-order valence-electron chi connectivity index (χ4n) is 3.52. The van der Waals surface area contributed by atoms with Crippen LogP contribution in [0.5, 0.6) is 0 Å². The third-order valence-corrected chi connectivity index (χ3v) is 6.59. The number of nitrogens with zero attached hydrogens (tertiary/aromatic N) is 6. The molecular formula is C34H46N6O8. The molecule has 0 aromatic carbocycles. The number of nitriles is 3. The predicted molar refractivity (Wildman–Crippen MR) is 176 cm³/mol. The Hall–Kier alpha value is -5.36. The van der Waals surface area contributed by atoms with Crippen LogP contribution in [0.25, 0.3) is 0 Å². The van der Waals surface area contributed by atoms with Gasteiger partial charge in [-0.1, -0.05) is 13.8 Å². The van der Waals surface area contributed by atoms with Crippen LogP contribution >= 0.6 is 0 Å². The molecule has 0 heterocycles. The summed E-state index contributed by atoms with van der Waals surface area (Å²) in [7, 11) is 5.22. The summed E-state index contributed by atoms with van der Waals surface area (Å²) in [4.78, 5) is 43.6. The molecule has 0 saturated carbocycles. The third-order valence-electron chi connectivity index (χ3n) is 6.59. The molecule has 0 saturated heterocycles. The molecule has 260 valence electrons. The van der Waals surface area contributed by atoms with E-state index in [0.29, 0.717) is 13.1 Å². The van der Waals surface area contributed by atoms with Gasteiger partial charge in [-0.05, 0) is 67.9 Å². The van der Waals surface area contributed by atoms with Gasteiger partial charge in [0.15, 0.2) is 0 Å². The lowest BCUT2D eigenvalue weighted by atomic mass is 9.88. The molecule has 0 amide bonds. The minimum atomic E-state index is -1.33. The molecule has 0 aromatic rings. The SMILES string of the molecule is CCCN(C)/C=C/C=C(\C#N)C(=O)OCC(CC)(COC(=O)/C(C#N)=C/C=C/N(C)CCO)COC(=O)/C(C#N)=C/C=C/N(C)CCO. The molecule has 0 atom stereocenters. The van der Waals surface area contributed by atoms with Crippen LogP contribution in [0, 0.1) is 39.4 Å². The first kappa shape index (κ1) is 42.6. The lowest BCUT2D eigenvalue weighted by Crippen LogP contribution is -2.39. The molecule has 48 heavy (non-hydrogen) atoms. The summed E-state index contributed by atoms with van der Waals surface area (Å²) in [5.41, 5.74) is -2.31. The number of rotatable bonds is 22. The maximum Gasteiger partial charge on any atom is 0.348 e. The first-order valence-corrected chi connectivity index (χ1v) is 15.2. The second kappa shape index (κ2) is 24.8. The Morgan fingerprint density at radius 1 is 0.625 bits per heavy atom. The molecular weight excluding hydrogens is 620 g/mol. The third kappa shape index (κ3) is 17.4. The Morgan fingerprint density at radius 2 is 0.938 bits per heavy atom. The predicted octanol–water partition coefficient (Wildman–Crippen LogP) is 2.09. The van der Waals surface area contributed by atoms with Crippen LogP contribution in [-0.4, -0.2) is 117 Å². The van der Waals surface area contributed by atoms with Gasteiger partial charge in [-0.2, -0.15) is 15.8 Å². The van der Waals surface area contributed by atoms with Crippen molar-refractivity contribution in [2.75, 3.05) is 73.8 Å². The van der Waals surface area contributed by atoms with Crippen LogP contribution in [0.4, 0.5) is 0 Å². The highest BCUT2D eigenvalue weighted by Crippen LogP contribution is 2.26. The van der Waals surface area contributed by atoms with E-state index in [4.69, 9.17) is 24.4 Å². The monoisotopic (exact) mass is 666 g/mol. The lowest BCUT2D eigenvalue weighted by molar-refractivity contribution is -0.156. The van der Waals surface area contributed by atoms with Crippen molar-refractivity contribution in [3.05, 3.63) is 71.8 Å². The molecule has 0 aliphatic heterocycles. The van der Waals surface area contributed by atoms with Gasteiger partial charge in [-0.25, -0.2) is 14.4 Å². The number of hydrogen-bond acceptors (Lipinski definition) is 14. The number of aliphatic hydroxyl groups is 2. The standard InChI is InChI=1S/C34H46N6O8/c1-6-14-38(3)15-8-11-28(22-35)31(43)46-25-34(7-2,26-47-32(44)29(23-36)12-9-16-39(4)18-20-41)27-48-33(45)30(24-37)13-10-17-40(5)19-21-42/h8-13,15-17,41-42H,6-7,14,18-21,25-27H2,1-5H3/b15-8+,16-9+,17-10+,28-11+,29-12+,30-13+. The fraction of sp³-hybridized carbons (Fsp3) is 0.471. The summed E-state index contributed by atoms with van der Waals surface area (Å²) in [5, 5.41) is 46.6. The van der Waals surface area contributed by atoms with Gasteiger partial charge in [-0.15, -0.1) is 0 Å². The maximum atomic E-state index is 12.8. The van der Waals surface area contributed by atoms with Gasteiger partial charge in [0, 0.05) is 40.8 Å². The average Bonchev–Trinajstić information content (AvgIpc) is 3.07. The van der Waals surface area contributed by atoms with Gasteiger partial charge in [0.05, 0.1) is 18.6 Å². The topological polar surface area (TPSA) is 200 Å². The highest BCUT2D eigenvalue weighted by molar-refractivity contribution is 5.94. The highest BCUT2D eigenvalue weighted by Gasteiger charge is 2.35. The van der Waals surface area contributed by atoms with Gasteiger partial charge in [0.2, 0.25) is 0 Å². The van der Waals surface area contributed by atoms with Crippen molar-refractivity contribution in [2.24, 2.45) is 5.41 Å². The quantitative estimate of drug-likeness (QED) is 0.0559. The van der Waals surface area contributed by atoms with Crippen LogP contribution in [0.1, 0.15) is 26.7 Å². The molecule has 0 radical (unpaired) electrons. The summed E-state index contributed by atoms with van der Waals surface area (Å²) < 4.78 is 16.3. The Bertz CT molecular complexity index is 1200. The van der Waals surface area contributed by atoms with E-state index in [1.165, 1.54) is 36.5 Å². The van der Waals surface area contributed by atoms with Gasteiger partial charge >= 0.3 is 17.9 Å². The van der Waals surface area contributed by atoms with Crippen molar-refractivity contribution >= 4 is 17.9 Å². The summed E-state index contributed by atoms with van der Waals surface area (Å²) in [6.45, 7) is 3.58. The zero-order valence-electron chi connectivity index (χ0n) is 28.3. The zero-order chi connectivity index (χ0) is 36.4. The number of likely N-dealkylation sites (N-methyl/N-ethyl adjacent to an activating group) is 2. The molecule has 0 rings (SSSR count). The Labute approximate surface area is 283 Å². The molecule has 0 aliphatic rings. The largest absolute Gasteiger partial charge is 0.461 e.